The molecule has 44 heteroatoms. The van der Waals surface area contributed by atoms with Crippen molar-refractivity contribution in [2.75, 3.05) is 163 Å². The minimum atomic E-state index is -2.95. The molecule has 8 fully saturated rings. The van der Waals surface area contributed by atoms with Gasteiger partial charge >= 0.3 is 0 Å². The first kappa shape index (κ1) is 105. The second kappa shape index (κ2) is 45.7. The number of aromatic nitrogens is 16. The van der Waals surface area contributed by atoms with Crippen LogP contribution >= 0.6 is 92.8 Å². The number of piperidine rings is 4. The lowest BCUT2D eigenvalue weighted by atomic mass is 9.80. The van der Waals surface area contributed by atoms with Crippen molar-refractivity contribution in [3.8, 4) is 24.3 Å². The predicted octanol–water partition coefficient (Wildman–Crippen LogP) is 15.2. The zero-order chi connectivity index (χ0) is 102. The van der Waals surface area contributed by atoms with E-state index in [9.17, 15) is 44.2 Å². The molecule has 0 spiro atoms. The Morgan fingerprint density at radius 3 is 0.854 bits per heavy atom. The van der Waals surface area contributed by atoms with Gasteiger partial charge < -0.3 is 55.8 Å². The number of primary amides is 2. The molecular weight excluding hydrogens is 2020 g/mol. The van der Waals surface area contributed by atoms with Crippen molar-refractivity contribution in [2.45, 2.75) is 129 Å². The predicted molar refractivity (Wildman–Crippen MR) is 560 cm³/mol. The number of nitrogens with zero attached hydrogens (tertiary/aromatic N) is 28. The van der Waals surface area contributed by atoms with Crippen molar-refractivity contribution in [3.05, 3.63) is 183 Å². The number of carbonyl (C=O) groups excluding carboxylic acids is 2. The van der Waals surface area contributed by atoms with E-state index in [1.54, 1.807) is 92.0 Å². The second-order valence-electron chi connectivity index (χ2n) is 39.4. The maximum atomic E-state index is 11.6. The highest BCUT2D eigenvalue weighted by Crippen LogP contribution is 2.43. The lowest BCUT2D eigenvalue weighted by molar-refractivity contribution is -0.119. The quantitative estimate of drug-likeness (QED) is 0.0430. The summed E-state index contributed by atoms with van der Waals surface area (Å²) >= 11 is 50.1. The Morgan fingerprint density at radius 2 is 0.625 bits per heavy atom. The fourth-order valence-corrected chi connectivity index (χ4v) is 24.2. The number of benzene rings is 4. The molecule has 16 heterocycles. The zero-order valence-corrected chi connectivity index (χ0v) is 87.7. The Labute approximate surface area is 876 Å². The summed E-state index contributed by atoms with van der Waals surface area (Å²) in [5.74, 6) is 7.51. The summed E-state index contributed by atoms with van der Waals surface area (Å²) < 4.78 is 30.0. The van der Waals surface area contributed by atoms with Crippen LogP contribution in [0.3, 0.4) is 0 Å². The van der Waals surface area contributed by atoms with E-state index in [-0.39, 0.29) is 70.6 Å². The number of anilines is 4. The molecule has 144 heavy (non-hydrogen) atoms. The van der Waals surface area contributed by atoms with Gasteiger partial charge in [0.15, 0.2) is 45.4 Å². The van der Waals surface area contributed by atoms with Crippen LogP contribution in [0.25, 0.3) is 44.7 Å². The highest BCUT2D eigenvalue weighted by atomic mass is 35.5. The number of nitriles is 4. The molecule has 35 nitrogen and oxygen atoms in total. The van der Waals surface area contributed by atoms with E-state index in [0.717, 1.165) is 196 Å². The van der Waals surface area contributed by atoms with Crippen molar-refractivity contribution in [1.82, 2.24) is 98.6 Å². The van der Waals surface area contributed by atoms with Crippen LogP contribution in [0.2, 0.25) is 40.2 Å². The van der Waals surface area contributed by atoms with E-state index in [2.05, 4.69) is 104 Å². The normalized spacial score (nSPS) is 20.1. The van der Waals surface area contributed by atoms with Crippen LogP contribution in [0.5, 0.6) is 0 Å². The van der Waals surface area contributed by atoms with Crippen LogP contribution in [0.1, 0.15) is 168 Å². The molecular formula is C100H114Cl8N30O5S. The number of nitrogens with two attached hydrogens (primary N) is 2. The summed E-state index contributed by atoms with van der Waals surface area (Å²) in [6.45, 7) is 27.9. The fourth-order valence-electron chi connectivity index (χ4n) is 21.4. The number of sulfone groups is 1. The average molecular weight is 2130 g/mol. The van der Waals surface area contributed by atoms with Crippen LogP contribution in [-0.4, -0.2) is 273 Å². The van der Waals surface area contributed by atoms with Gasteiger partial charge in [0.1, 0.15) is 79.5 Å². The fraction of sp³-hybridized carbons (Fsp3) is 0.500. The number of carbonyl (C=O) groups is 2. The molecule has 9 atom stereocenters. The van der Waals surface area contributed by atoms with Gasteiger partial charge in [-0.05, 0) is 230 Å². The van der Waals surface area contributed by atoms with Crippen molar-refractivity contribution in [2.24, 2.45) is 58.8 Å². The SMILES string of the molecule is C[C@H](O)CN1CCC[C@@H](C2CN(c3cnc4c(C#N)nn([C@H](C)c5ccc(Cl)cc5Cl)c4n3)C2)C1.C[C@H](c1ccc(Cl)cc1Cl)n1nc(C#N)c2ncc(N3CC([C@@H]4CCCN(CCC(N)=O)C4)C3)nc21.C[C@H](c1ccc(Cl)cc1Cl)n1nc(C#N)c2ncc(N3CC([C@H]4CCCN(CCC(N)=O)C4)C3)nc21.C[C@H](c1ccc(Cl)cc1Cl)n1nc(C#N)c2ncc(N3CC([C@H]4CCCN(CCS(C)(=O)=O)C4)C3)nc21. The number of hydrogen-bond acceptors (Lipinski definition) is 29. The van der Waals surface area contributed by atoms with Crippen LogP contribution in [0.15, 0.2) is 97.6 Å². The van der Waals surface area contributed by atoms with Crippen LogP contribution in [-0.2, 0) is 19.4 Å². The van der Waals surface area contributed by atoms with Gasteiger partial charge in [0.2, 0.25) is 11.8 Å². The van der Waals surface area contributed by atoms with Gasteiger partial charge in [0.05, 0.1) is 60.8 Å². The summed E-state index contributed by atoms with van der Waals surface area (Å²) in [7, 11) is -2.95. The van der Waals surface area contributed by atoms with Crippen molar-refractivity contribution < 1.29 is 23.1 Å². The number of halogens is 8. The summed E-state index contributed by atoms with van der Waals surface area (Å²) in [4.78, 5) is 78.4. The van der Waals surface area contributed by atoms with Gasteiger partial charge in [0.25, 0.3) is 0 Å². The molecule has 12 aromatic rings. The Bertz CT molecular complexity index is 6830. The number of β-amino-alcohol motifs (C(OH)–C–C–N with tert-alkyl or cyclic N) is 1. The van der Waals surface area contributed by atoms with Gasteiger partial charge in [-0.2, -0.15) is 41.4 Å². The Morgan fingerprint density at radius 1 is 0.382 bits per heavy atom. The first-order valence-electron chi connectivity index (χ1n) is 48.9. The molecule has 8 aliphatic heterocycles. The highest BCUT2D eigenvalue weighted by molar-refractivity contribution is 7.90. The minimum absolute atomic E-state index is 0.212. The Balaban J connectivity index is 0.000000132. The van der Waals surface area contributed by atoms with Gasteiger partial charge in [-0.15, -0.1) is 0 Å². The molecule has 4 aromatic carbocycles. The Kier molecular flexibility index (Phi) is 33.2. The van der Waals surface area contributed by atoms with Crippen LogP contribution in [0.4, 0.5) is 23.3 Å². The topological polar surface area (TPSA) is 436 Å². The van der Waals surface area contributed by atoms with E-state index < -0.39 is 9.84 Å². The van der Waals surface area contributed by atoms with Gasteiger partial charge in [-0.25, -0.2) is 67.0 Å². The number of rotatable bonds is 27. The molecule has 0 saturated carbocycles. The van der Waals surface area contributed by atoms with Gasteiger partial charge in [-0.3, -0.25) is 9.59 Å². The molecule has 5 N–H and O–H groups in total. The number of hydrogen-bond donors (Lipinski definition) is 3. The van der Waals surface area contributed by atoms with Crippen LogP contribution in [0, 0.1) is 92.7 Å². The molecule has 20 rings (SSSR count). The van der Waals surface area contributed by atoms with Crippen LogP contribution < -0.4 is 31.1 Å². The number of aliphatic hydroxyl groups is 1. The molecule has 0 radical (unpaired) electrons. The zero-order valence-electron chi connectivity index (χ0n) is 80.9. The maximum absolute atomic E-state index is 11.6. The number of aliphatic hydroxyl groups excluding tert-OH is 1. The molecule has 8 aliphatic rings. The first-order chi connectivity index (χ1) is 69.1. The minimum Gasteiger partial charge on any atom is -0.392 e. The molecule has 0 aliphatic carbocycles. The lowest BCUT2D eigenvalue weighted by Gasteiger charge is -2.47. The number of fused-ring (bicyclic) bond motifs is 4. The summed E-state index contributed by atoms with van der Waals surface area (Å²) in [6, 6.07) is 28.9. The van der Waals surface area contributed by atoms with Crippen molar-refractivity contribution in [3.63, 3.8) is 0 Å². The third-order valence-corrected chi connectivity index (χ3v) is 32.7. The smallest absolute Gasteiger partial charge is 0.218 e. The standard InChI is InChI=1S/2C25H28Cl2N8O.C25H29Cl2N7O2S.C25H29Cl2N7O/c2*1-15(19-5-4-18(26)9-20(19)27)35-25-24(21(10-28)32-35)30-11-23(31-25)34-13-17(14-34)16-3-2-7-33(12-16)8-6-22(29)36;1-16(20-6-5-19(26)10-21(20)27)34-25-24(22(11-28)31-34)29-12-23(30-25)33-14-18(15-33)17-4-3-7-32(13-17)8-9-37(2,35)36;1-15(35)11-32-7-3-4-17(12-32)18-13-33(14-18)23-10-29-24-22(9-28)31-34(25(24)30-23)16(2)20-6-5-19(26)8-21(20)27/h2*4-5,9,11,15-17H,2-3,6-8,12-14H2,1H3,(H2,29,36);5-6,10,12,16-18H,3-4,7-9,13-15H2,1-2H3;5-6,8,10,15-18,35H,3-4,7,11-14H2,1-2H3/t15-,16+;15-,16-;16-,17+;15-,16+,17+/m1110/s1. The van der Waals surface area contributed by atoms with Gasteiger partial charge in [-0.1, -0.05) is 117 Å². The van der Waals surface area contributed by atoms with E-state index in [1.807, 2.05) is 58.9 Å². The monoisotopic (exact) mass is 2130 g/mol. The Hall–Kier alpha value is -10.8. The second-order valence-corrected chi connectivity index (χ2v) is 45.1. The van der Waals surface area contributed by atoms with E-state index in [0.29, 0.717) is 152 Å². The molecule has 0 unspecified atom stereocenters. The molecule has 8 aromatic heterocycles. The molecule has 2 amide bonds. The average Bonchev–Trinajstić information content (AvgIpc) is 1.62. The van der Waals surface area contributed by atoms with E-state index in [4.69, 9.17) is 124 Å². The largest absolute Gasteiger partial charge is 0.392 e. The lowest BCUT2D eigenvalue weighted by Crippen LogP contribution is -2.54. The third kappa shape index (κ3) is 23.9. The summed E-state index contributed by atoms with van der Waals surface area (Å²) in [6.07, 6.45) is 18.1. The van der Waals surface area contributed by atoms with E-state index in [1.165, 1.54) is 31.9 Å². The first-order valence-corrected chi connectivity index (χ1v) is 54.0. The van der Waals surface area contributed by atoms with E-state index >= 15 is 0 Å². The van der Waals surface area contributed by atoms with Crippen molar-refractivity contribution in [1.29, 1.82) is 21.0 Å². The maximum Gasteiger partial charge on any atom is 0.218 e. The number of amides is 2. The summed E-state index contributed by atoms with van der Waals surface area (Å²) in [5, 5.41) is 70.6. The van der Waals surface area contributed by atoms with Crippen molar-refractivity contribution >= 4 is 182 Å². The third-order valence-electron chi connectivity index (χ3n) is 29.5. The molecule has 756 valence electrons. The summed E-state index contributed by atoms with van der Waals surface area (Å²) in [5.41, 5.74) is 19.1. The molecule has 8 saturated heterocycles. The highest BCUT2D eigenvalue weighted by Gasteiger charge is 2.43. The van der Waals surface area contributed by atoms with Gasteiger partial charge in [0, 0.05) is 164 Å². The number of likely N-dealkylation sites (tertiary alicyclic amines) is 4. The molecule has 0 bridgehead atoms.